The van der Waals surface area contributed by atoms with Crippen molar-refractivity contribution in [3.63, 3.8) is 0 Å². The Morgan fingerprint density at radius 3 is 1.04 bits per heavy atom. The Balaban J connectivity index is 0.000000423. The summed E-state index contributed by atoms with van der Waals surface area (Å²) in [6.07, 6.45) is 11.2. The second-order valence-corrected chi connectivity index (χ2v) is 9.34. The second kappa shape index (κ2) is 15.2. The Hall–Kier alpha value is 2.09. The van der Waals surface area contributed by atoms with Crippen LogP contribution in [0.25, 0.3) is 0 Å². The van der Waals surface area contributed by atoms with Crippen molar-refractivity contribution in [1.29, 1.82) is 0 Å². The standard InChI is InChI=1S/C10H22S.C6H6Cl6/c1-2-3-4-5-6-7-8-9-10-11;7-1-2(8)4(10)6(12)5(11)3(1)9/h11H,2-10H2,1H3;1-6H. The van der Waals surface area contributed by atoms with E-state index in [1.165, 1.54) is 51.4 Å². The second-order valence-electron chi connectivity index (χ2n) is 5.87. The van der Waals surface area contributed by atoms with Crippen molar-refractivity contribution >= 4 is 82.2 Å². The van der Waals surface area contributed by atoms with E-state index in [1.807, 2.05) is 0 Å². The molecule has 0 aliphatic heterocycles. The van der Waals surface area contributed by atoms with Crippen LogP contribution in [0.5, 0.6) is 0 Å². The molecule has 0 nitrogen and oxygen atoms in total. The predicted molar refractivity (Wildman–Crippen MR) is 114 cm³/mol. The van der Waals surface area contributed by atoms with Gasteiger partial charge in [-0.25, -0.2) is 0 Å². The third-order valence-electron chi connectivity index (χ3n) is 3.84. The maximum Gasteiger partial charge on any atom is 0.0693 e. The van der Waals surface area contributed by atoms with Crippen molar-refractivity contribution in [1.82, 2.24) is 0 Å². The fourth-order valence-corrected chi connectivity index (χ4v) is 4.85. The van der Waals surface area contributed by atoms with Gasteiger partial charge in [-0.2, -0.15) is 12.6 Å². The number of halogens is 6. The van der Waals surface area contributed by atoms with Gasteiger partial charge in [0.25, 0.3) is 0 Å². The lowest BCUT2D eigenvalue weighted by Crippen LogP contribution is -2.52. The van der Waals surface area contributed by atoms with Crippen LogP contribution in [0.15, 0.2) is 0 Å². The van der Waals surface area contributed by atoms with Gasteiger partial charge in [-0.3, -0.25) is 0 Å². The number of thiol groups is 1. The molecule has 1 aliphatic rings. The van der Waals surface area contributed by atoms with E-state index in [0.29, 0.717) is 0 Å². The first-order valence-corrected chi connectivity index (χ1v) is 11.6. The molecule has 0 heterocycles. The Kier molecular flexibility index (Phi) is 16.6. The van der Waals surface area contributed by atoms with Gasteiger partial charge in [0.2, 0.25) is 0 Å². The summed E-state index contributed by atoms with van der Waals surface area (Å²) in [5.41, 5.74) is 0. The topological polar surface area (TPSA) is 0 Å². The van der Waals surface area contributed by atoms with Crippen LogP contribution in [0.4, 0.5) is 0 Å². The highest BCUT2D eigenvalue weighted by atomic mass is 35.5. The van der Waals surface area contributed by atoms with E-state index >= 15 is 0 Å². The van der Waals surface area contributed by atoms with Gasteiger partial charge in [-0.1, -0.05) is 51.9 Å². The van der Waals surface area contributed by atoms with Crippen molar-refractivity contribution in [2.75, 3.05) is 5.75 Å². The van der Waals surface area contributed by atoms with E-state index in [4.69, 9.17) is 69.6 Å². The molecule has 1 fully saturated rings. The molecule has 0 saturated heterocycles. The molecular formula is C16H28Cl6S. The van der Waals surface area contributed by atoms with Gasteiger partial charge in [-0.15, -0.1) is 69.6 Å². The molecule has 1 saturated carbocycles. The summed E-state index contributed by atoms with van der Waals surface area (Å²) >= 11 is 39.5. The Bertz CT molecular complexity index is 215. The fraction of sp³-hybridized carbons (Fsp3) is 1.00. The number of unbranched alkanes of at least 4 members (excludes halogenated alkanes) is 7. The molecule has 140 valence electrons. The smallest absolute Gasteiger partial charge is 0.0693 e. The number of alkyl halides is 6. The third-order valence-corrected chi connectivity index (χ3v) is 8.18. The molecule has 0 N–H and O–H groups in total. The average molecular weight is 465 g/mol. The summed E-state index contributed by atoms with van der Waals surface area (Å²) in [6, 6.07) is 0. The first-order valence-electron chi connectivity index (χ1n) is 8.33. The maximum absolute atomic E-state index is 5.88. The summed E-state index contributed by atoms with van der Waals surface area (Å²) < 4.78 is 0. The predicted octanol–water partition coefficient (Wildman–Crippen LogP) is 7.70. The van der Waals surface area contributed by atoms with E-state index < -0.39 is 32.3 Å². The molecular weight excluding hydrogens is 437 g/mol. The molecule has 0 aromatic carbocycles. The van der Waals surface area contributed by atoms with Gasteiger partial charge in [0.15, 0.2) is 0 Å². The lowest BCUT2D eigenvalue weighted by Gasteiger charge is -2.37. The molecule has 0 amide bonds. The van der Waals surface area contributed by atoms with Crippen molar-refractivity contribution < 1.29 is 0 Å². The fourth-order valence-electron chi connectivity index (χ4n) is 2.30. The zero-order chi connectivity index (χ0) is 17.8. The average Bonchev–Trinajstić information content (AvgIpc) is 2.56. The summed E-state index contributed by atoms with van der Waals surface area (Å²) in [4.78, 5) is 0. The number of hydrogen-bond donors (Lipinski definition) is 1. The summed E-state index contributed by atoms with van der Waals surface area (Å²) in [5, 5.41) is -2.62. The molecule has 7 heteroatoms. The van der Waals surface area contributed by atoms with Crippen molar-refractivity contribution in [3.05, 3.63) is 0 Å². The quantitative estimate of drug-likeness (QED) is 0.212. The first-order chi connectivity index (χ1) is 10.9. The van der Waals surface area contributed by atoms with Crippen molar-refractivity contribution in [2.45, 2.75) is 90.6 Å². The number of hydrogen-bond acceptors (Lipinski definition) is 1. The van der Waals surface area contributed by atoms with Gasteiger partial charge in [0.1, 0.15) is 0 Å². The lowest BCUT2D eigenvalue weighted by atomic mass is 9.97. The zero-order valence-electron chi connectivity index (χ0n) is 13.5. The Labute approximate surface area is 177 Å². The zero-order valence-corrected chi connectivity index (χ0v) is 19.0. The minimum Gasteiger partial charge on any atom is -0.179 e. The Morgan fingerprint density at radius 1 is 0.522 bits per heavy atom. The van der Waals surface area contributed by atoms with E-state index in [0.717, 1.165) is 5.75 Å². The minimum atomic E-state index is -0.437. The van der Waals surface area contributed by atoms with Gasteiger partial charge in [0.05, 0.1) is 32.3 Å². The van der Waals surface area contributed by atoms with Crippen LogP contribution in [0, 0.1) is 0 Å². The van der Waals surface area contributed by atoms with Crippen LogP contribution >= 0.6 is 82.2 Å². The minimum absolute atomic E-state index is 0.437. The summed E-state index contributed by atoms with van der Waals surface area (Å²) in [6.45, 7) is 2.26. The molecule has 1 rings (SSSR count). The molecule has 0 aromatic heterocycles. The summed E-state index contributed by atoms with van der Waals surface area (Å²) in [7, 11) is 0. The largest absolute Gasteiger partial charge is 0.179 e. The van der Waals surface area contributed by atoms with Crippen LogP contribution in [0.2, 0.25) is 0 Å². The molecule has 1 aliphatic carbocycles. The normalized spacial score (nSPS) is 33.9. The monoisotopic (exact) mass is 462 g/mol. The van der Waals surface area contributed by atoms with Gasteiger partial charge in [-0.05, 0) is 12.2 Å². The van der Waals surface area contributed by atoms with E-state index in [2.05, 4.69) is 19.6 Å². The van der Waals surface area contributed by atoms with Crippen LogP contribution in [-0.2, 0) is 0 Å². The van der Waals surface area contributed by atoms with Crippen molar-refractivity contribution in [3.8, 4) is 0 Å². The molecule has 0 bridgehead atoms. The van der Waals surface area contributed by atoms with Gasteiger partial charge >= 0.3 is 0 Å². The van der Waals surface area contributed by atoms with Crippen molar-refractivity contribution in [2.24, 2.45) is 0 Å². The van der Waals surface area contributed by atoms with Crippen LogP contribution in [0.1, 0.15) is 58.3 Å². The maximum atomic E-state index is 5.88. The molecule has 23 heavy (non-hydrogen) atoms. The Morgan fingerprint density at radius 2 is 0.783 bits per heavy atom. The SMILES string of the molecule is CCCCCCCCCCS.ClC1C(Cl)C(Cl)C(Cl)C(Cl)C1Cl. The highest BCUT2D eigenvalue weighted by Crippen LogP contribution is 2.39. The third kappa shape index (κ3) is 10.1. The first kappa shape index (κ1) is 25.1. The van der Waals surface area contributed by atoms with Crippen LogP contribution < -0.4 is 0 Å². The van der Waals surface area contributed by atoms with Crippen LogP contribution in [0.3, 0.4) is 0 Å². The van der Waals surface area contributed by atoms with E-state index in [-0.39, 0.29) is 0 Å². The molecule has 0 spiro atoms. The van der Waals surface area contributed by atoms with Gasteiger partial charge < -0.3 is 0 Å². The molecule has 0 unspecified atom stereocenters. The molecule has 0 radical (unpaired) electrons. The molecule has 0 atom stereocenters. The van der Waals surface area contributed by atoms with Gasteiger partial charge in [0, 0.05) is 0 Å². The number of rotatable bonds is 8. The van der Waals surface area contributed by atoms with Crippen LogP contribution in [-0.4, -0.2) is 38.0 Å². The van der Waals surface area contributed by atoms with E-state index in [1.54, 1.807) is 0 Å². The highest BCUT2D eigenvalue weighted by molar-refractivity contribution is 7.80. The van der Waals surface area contributed by atoms with E-state index in [9.17, 15) is 0 Å². The summed E-state index contributed by atoms with van der Waals surface area (Å²) in [5.74, 6) is 1.06. The lowest BCUT2D eigenvalue weighted by molar-refractivity contribution is 0.544. The highest BCUT2D eigenvalue weighted by Gasteiger charge is 2.46. The molecule has 0 aromatic rings.